The van der Waals surface area contributed by atoms with Crippen molar-refractivity contribution in [1.29, 1.82) is 5.41 Å². The first-order valence-electron chi connectivity index (χ1n) is 8.71. The first-order valence-corrected chi connectivity index (χ1v) is 12.2. The fourth-order valence-electron chi connectivity index (χ4n) is 2.79. The van der Waals surface area contributed by atoms with Crippen LogP contribution in [0.1, 0.15) is 16.8 Å². The second-order valence-corrected chi connectivity index (χ2v) is 9.74. The van der Waals surface area contributed by atoms with Crippen LogP contribution in [0.4, 0.5) is 18.9 Å². The number of aromatic nitrogens is 1. The molecule has 3 rings (SSSR count). The first-order chi connectivity index (χ1) is 14.9. The van der Waals surface area contributed by atoms with Crippen LogP contribution in [0.5, 0.6) is 0 Å². The molecule has 0 aliphatic rings. The molecule has 12 heteroatoms. The van der Waals surface area contributed by atoms with Gasteiger partial charge in [0.05, 0.1) is 31.9 Å². The van der Waals surface area contributed by atoms with Crippen molar-refractivity contribution in [3.63, 3.8) is 0 Å². The zero-order valence-corrected chi connectivity index (χ0v) is 19.3. The van der Waals surface area contributed by atoms with Gasteiger partial charge in [0.25, 0.3) is 10.0 Å². The predicted octanol–water partition coefficient (Wildman–Crippen LogP) is 6.35. The molecule has 0 aliphatic heterocycles. The number of rotatable bonds is 6. The lowest BCUT2D eigenvalue weighted by atomic mass is 10.1. The molecule has 0 atom stereocenters. The van der Waals surface area contributed by atoms with Crippen LogP contribution in [0.3, 0.4) is 0 Å². The standard InChI is InChI=1S/C20H14Cl2F3N3O2S2/c1-31-17-5-3-2-4-13(17)18(26)19-16(8-11(21)10-27-19)28-32(29,30)12-6-7-15(22)14(9-12)20(23,24)25/h2-10,26,28H,1H3. The zero-order chi connectivity index (χ0) is 23.7. The Bertz CT molecular complexity index is 1300. The summed E-state index contributed by atoms with van der Waals surface area (Å²) in [6.45, 7) is 0. The third-order valence-corrected chi connectivity index (χ3v) is 6.96. The minimum absolute atomic E-state index is 0.0375. The maximum absolute atomic E-state index is 13.2. The Labute approximate surface area is 196 Å². The lowest BCUT2D eigenvalue weighted by Crippen LogP contribution is -2.18. The second kappa shape index (κ2) is 9.30. The highest BCUT2D eigenvalue weighted by atomic mass is 35.5. The number of sulfonamides is 1. The molecule has 1 heterocycles. The minimum Gasteiger partial charge on any atom is -0.298 e. The average Bonchev–Trinajstić information content (AvgIpc) is 2.72. The summed E-state index contributed by atoms with van der Waals surface area (Å²) >= 11 is 12.9. The Morgan fingerprint density at radius 1 is 1.12 bits per heavy atom. The Kier molecular flexibility index (Phi) is 7.09. The van der Waals surface area contributed by atoms with E-state index in [1.807, 2.05) is 6.26 Å². The molecular weight excluding hydrogens is 506 g/mol. The summed E-state index contributed by atoms with van der Waals surface area (Å²) in [5.41, 5.74) is -1.06. The molecule has 2 N–H and O–H groups in total. The number of anilines is 1. The van der Waals surface area contributed by atoms with E-state index >= 15 is 0 Å². The van der Waals surface area contributed by atoms with Gasteiger partial charge in [0, 0.05) is 16.7 Å². The van der Waals surface area contributed by atoms with E-state index in [1.165, 1.54) is 24.0 Å². The van der Waals surface area contributed by atoms with Crippen LogP contribution in [0.25, 0.3) is 0 Å². The number of benzene rings is 2. The van der Waals surface area contributed by atoms with E-state index in [2.05, 4.69) is 9.71 Å². The second-order valence-electron chi connectivity index (χ2n) is 6.37. The van der Waals surface area contributed by atoms with Gasteiger partial charge in [0.2, 0.25) is 0 Å². The molecule has 0 aliphatic carbocycles. The summed E-state index contributed by atoms with van der Waals surface area (Å²) in [7, 11) is -4.49. The molecule has 5 nitrogen and oxygen atoms in total. The predicted molar refractivity (Wildman–Crippen MR) is 121 cm³/mol. The van der Waals surface area contributed by atoms with E-state index < -0.39 is 31.7 Å². The summed E-state index contributed by atoms with van der Waals surface area (Å²) in [5, 5.41) is 8.01. The number of pyridine rings is 1. The lowest BCUT2D eigenvalue weighted by Gasteiger charge is -2.16. The van der Waals surface area contributed by atoms with Crippen LogP contribution in [-0.4, -0.2) is 25.4 Å². The number of nitrogens with zero attached hydrogens (tertiary/aromatic N) is 1. The number of hydrogen-bond donors (Lipinski definition) is 2. The normalized spacial score (nSPS) is 11.9. The molecule has 0 saturated carbocycles. The van der Waals surface area contributed by atoms with Gasteiger partial charge in [-0.25, -0.2) is 8.42 Å². The Balaban J connectivity index is 2.07. The Morgan fingerprint density at radius 2 is 1.81 bits per heavy atom. The van der Waals surface area contributed by atoms with Crippen LogP contribution < -0.4 is 4.72 Å². The smallest absolute Gasteiger partial charge is 0.298 e. The lowest BCUT2D eigenvalue weighted by molar-refractivity contribution is -0.137. The van der Waals surface area contributed by atoms with Crippen LogP contribution >= 0.6 is 35.0 Å². The van der Waals surface area contributed by atoms with E-state index in [0.29, 0.717) is 11.6 Å². The molecule has 168 valence electrons. The average molecular weight is 520 g/mol. The van der Waals surface area contributed by atoms with Crippen molar-refractivity contribution in [2.45, 2.75) is 16.0 Å². The highest BCUT2D eigenvalue weighted by Crippen LogP contribution is 2.36. The number of nitrogens with one attached hydrogen (secondary N) is 2. The summed E-state index contributed by atoms with van der Waals surface area (Å²) in [6, 6.07) is 10.5. The van der Waals surface area contributed by atoms with Crippen molar-refractivity contribution in [3.8, 4) is 0 Å². The van der Waals surface area contributed by atoms with E-state index in [-0.39, 0.29) is 22.1 Å². The number of alkyl halides is 3. The maximum Gasteiger partial charge on any atom is 0.417 e. The fourth-order valence-corrected chi connectivity index (χ4v) is 4.86. The molecule has 0 amide bonds. The fraction of sp³-hybridized carbons (Fsp3) is 0.100. The topological polar surface area (TPSA) is 82.9 Å². The van der Waals surface area contributed by atoms with Crippen LogP contribution in [0.15, 0.2) is 64.5 Å². The first kappa shape index (κ1) is 24.4. The monoisotopic (exact) mass is 519 g/mol. The van der Waals surface area contributed by atoms with Crippen molar-refractivity contribution in [3.05, 3.63) is 81.6 Å². The van der Waals surface area contributed by atoms with Gasteiger partial charge in [-0.15, -0.1) is 11.8 Å². The molecule has 0 unspecified atom stereocenters. The van der Waals surface area contributed by atoms with E-state index in [1.54, 1.807) is 24.3 Å². The number of hydrogen-bond acceptors (Lipinski definition) is 5. The van der Waals surface area contributed by atoms with Crippen LogP contribution in [-0.2, 0) is 16.2 Å². The largest absolute Gasteiger partial charge is 0.417 e. The number of halogens is 5. The van der Waals surface area contributed by atoms with Crippen LogP contribution in [0.2, 0.25) is 10.0 Å². The molecular formula is C20H14Cl2F3N3O2S2. The molecule has 0 radical (unpaired) electrons. The highest BCUT2D eigenvalue weighted by molar-refractivity contribution is 7.98. The number of thioether (sulfide) groups is 1. The van der Waals surface area contributed by atoms with Crippen molar-refractivity contribution >= 4 is 56.4 Å². The van der Waals surface area contributed by atoms with Gasteiger partial charge >= 0.3 is 6.18 Å². The van der Waals surface area contributed by atoms with E-state index in [9.17, 15) is 21.6 Å². The van der Waals surface area contributed by atoms with E-state index in [4.69, 9.17) is 28.6 Å². The van der Waals surface area contributed by atoms with Crippen molar-refractivity contribution < 1.29 is 21.6 Å². The van der Waals surface area contributed by atoms with Gasteiger partial charge < -0.3 is 0 Å². The van der Waals surface area contributed by atoms with Crippen molar-refractivity contribution in [2.75, 3.05) is 11.0 Å². The molecule has 0 fully saturated rings. The quantitative estimate of drug-likeness (QED) is 0.293. The highest BCUT2D eigenvalue weighted by Gasteiger charge is 2.34. The summed E-state index contributed by atoms with van der Waals surface area (Å²) in [5.74, 6) is 0. The van der Waals surface area contributed by atoms with Crippen LogP contribution in [0, 0.1) is 5.41 Å². The van der Waals surface area contributed by atoms with Gasteiger partial charge in [0.1, 0.15) is 5.69 Å². The van der Waals surface area contributed by atoms with Gasteiger partial charge in [-0.05, 0) is 36.6 Å². The molecule has 3 aromatic rings. The van der Waals surface area contributed by atoms with Crippen molar-refractivity contribution in [2.24, 2.45) is 0 Å². The molecule has 32 heavy (non-hydrogen) atoms. The molecule has 1 aromatic heterocycles. The van der Waals surface area contributed by atoms with Gasteiger partial charge in [0.15, 0.2) is 0 Å². The molecule has 0 saturated heterocycles. The van der Waals surface area contributed by atoms with Gasteiger partial charge in [-0.1, -0.05) is 41.4 Å². The molecule has 0 spiro atoms. The van der Waals surface area contributed by atoms with Gasteiger partial charge in [-0.2, -0.15) is 13.2 Å². The Morgan fingerprint density at radius 3 is 2.47 bits per heavy atom. The Hall–Kier alpha value is -2.27. The third-order valence-electron chi connectivity index (χ3n) is 4.27. The summed E-state index contributed by atoms with van der Waals surface area (Å²) in [4.78, 5) is 4.19. The third kappa shape index (κ3) is 5.20. The molecule has 0 bridgehead atoms. The van der Waals surface area contributed by atoms with Crippen molar-refractivity contribution in [1.82, 2.24) is 4.98 Å². The SMILES string of the molecule is CSc1ccccc1C(=N)c1ncc(Cl)cc1NS(=O)(=O)c1ccc(Cl)c(C(F)(F)F)c1. The van der Waals surface area contributed by atoms with E-state index in [0.717, 1.165) is 17.0 Å². The molecule has 2 aromatic carbocycles. The van der Waals surface area contributed by atoms with Gasteiger partial charge in [-0.3, -0.25) is 15.1 Å². The zero-order valence-electron chi connectivity index (χ0n) is 16.2. The maximum atomic E-state index is 13.2. The summed E-state index contributed by atoms with van der Waals surface area (Å²) in [6.07, 6.45) is -1.77. The summed E-state index contributed by atoms with van der Waals surface area (Å²) < 4.78 is 67.4. The minimum atomic E-state index is -4.84.